The second-order valence-electron chi connectivity index (χ2n) is 11.4. The molecule has 1 fully saturated rings. The lowest BCUT2D eigenvalue weighted by atomic mass is 9.89. The molecular weight excluding hydrogens is 545 g/mol. The van der Waals surface area contributed by atoms with Crippen LogP contribution in [-0.4, -0.2) is 36.2 Å². The van der Waals surface area contributed by atoms with Gasteiger partial charge in [0.15, 0.2) is 5.60 Å². The van der Waals surface area contributed by atoms with E-state index in [9.17, 15) is 22.8 Å². The van der Waals surface area contributed by atoms with Gasteiger partial charge in [0.25, 0.3) is 5.91 Å². The Hall–Kier alpha value is -3.59. The van der Waals surface area contributed by atoms with Crippen molar-refractivity contribution in [2.75, 3.05) is 13.2 Å². The molecule has 2 aliphatic heterocycles. The maximum atomic E-state index is 13.7. The van der Waals surface area contributed by atoms with Gasteiger partial charge in [-0.05, 0) is 79.8 Å². The van der Waals surface area contributed by atoms with Crippen LogP contribution in [0.25, 0.3) is 5.57 Å². The molecule has 2 unspecified atom stereocenters. The van der Waals surface area contributed by atoms with Crippen molar-refractivity contribution in [3.8, 4) is 5.75 Å². The number of unbranched alkanes of at least 4 members (excludes halogenated alkanes) is 1. The van der Waals surface area contributed by atoms with E-state index in [-0.39, 0.29) is 24.6 Å². The molecule has 1 N–H and O–H groups in total. The molecule has 2 atom stereocenters. The molecule has 2 aromatic rings. The molecule has 9 heteroatoms. The molecule has 3 aliphatic rings. The Bertz CT molecular complexity index is 1420. The summed E-state index contributed by atoms with van der Waals surface area (Å²) in [6, 6.07) is 10.3. The van der Waals surface area contributed by atoms with Crippen LogP contribution in [0.4, 0.5) is 18.0 Å². The van der Waals surface area contributed by atoms with Crippen LogP contribution in [-0.2, 0) is 33.7 Å². The number of carbonyl (C=O) groups excluding carboxylic acids is 2. The fraction of sp³-hybridized carbons (Fsp3) is 0.455. The number of alkyl halides is 3. The highest BCUT2D eigenvalue weighted by molar-refractivity contribution is 6.07. The lowest BCUT2D eigenvalue weighted by molar-refractivity contribution is -0.272. The molecule has 2 heterocycles. The molecule has 3 amide bonds. The van der Waals surface area contributed by atoms with Gasteiger partial charge in [0.05, 0.1) is 13.2 Å². The lowest BCUT2D eigenvalue weighted by Gasteiger charge is -2.27. The zero-order valence-electron chi connectivity index (χ0n) is 24.3. The summed E-state index contributed by atoms with van der Waals surface area (Å²) < 4.78 is 52.4. The van der Waals surface area contributed by atoms with Crippen molar-refractivity contribution in [1.82, 2.24) is 10.2 Å². The van der Waals surface area contributed by atoms with Gasteiger partial charge in [-0.1, -0.05) is 61.9 Å². The fourth-order valence-electron chi connectivity index (χ4n) is 5.94. The number of rotatable bonds is 10. The van der Waals surface area contributed by atoms with Crippen LogP contribution in [0.2, 0.25) is 0 Å². The first kappa shape index (κ1) is 29.9. The van der Waals surface area contributed by atoms with Gasteiger partial charge in [0, 0.05) is 12.1 Å². The zero-order chi connectivity index (χ0) is 30.1. The Balaban J connectivity index is 1.18. The lowest BCUT2D eigenvalue weighted by Crippen LogP contribution is -2.41. The summed E-state index contributed by atoms with van der Waals surface area (Å²) in [5.74, 6) is 0.255. The standard InChI is InChI=1S/C33H37F3N2O4/c1-4-10-25-26-21-42-32(3,33(34,35)36)27(26)17-18-28(25)41-20-9-8-19-38-29(39)31(2,37-30(38)40)24-15-13-23(14-16-24)22-11-6-5-7-12-22/h6,11-18H,4-5,7-10,19-21H2,1-3H3,(H,37,40). The Morgan fingerprint density at radius 1 is 1.05 bits per heavy atom. The third kappa shape index (κ3) is 5.35. The highest BCUT2D eigenvalue weighted by Crippen LogP contribution is 2.50. The first-order chi connectivity index (χ1) is 20.0. The number of carbonyl (C=O) groups is 2. The van der Waals surface area contributed by atoms with E-state index in [1.54, 1.807) is 13.0 Å². The number of imide groups is 1. The smallest absolute Gasteiger partial charge is 0.421 e. The van der Waals surface area contributed by atoms with Gasteiger partial charge in [-0.15, -0.1) is 0 Å². The number of benzene rings is 2. The van der Waals surface area contributed by atoms with Crippen molar-refractivity contribution in [1.29, 1.82) is 0 Å². The molecule has 0 aromatic heterocycles. The van der Waals surface area contributed by atoms with E-state index < -0.39 is 23.3 Å². The summed E-state index contributed by atoms with van der Waals surface area (Å²) in [7, 11) is 0. The minimum atomic E-state index is -4.52. The topological polar surface area (TPSA) is 67.9 Å². The third-order valence-electron chi connectivity index (χ3n) is 8.55. The van der Waals surface area contributed by atoms with Crippen LogP contribution in [0, 0.1) is 0 Å². The number of amides is 3. The number of fused-ring (bicyclic) bond motifs is 1. The van der Waals surface area contributed by atoms with Crippen molar-refractivity contribution in [3.05, 3.63) is 82.4 Å². The van der Waals surface area contributed by atoms with E-state index in [2.05, 4.69) is 23.5 Å². The van der Waals surface area contributed by atoms with E-state index in [0.717, 1.165) is 48.4 Å². The molecule has 42 heavy (non-hydrogen) atoms. The first-order valence-electron chi connectivity index (χ1n) is 14.6. The van der Waals surface area contributed by atoms with E-state index in [0.29, 0.717) is 37.2 Å². The van der Waals surface area contributed by atoms with Gasteiger partial charge in [-0.2, -0.15) is 13.2 Å². The summed E-state index contributed by atoms with van der Waals surface area (Å²) in [6.45, 7) is 5.19. The average molecular weight is 583 g/mol. The van der Waals surface area contributed by atoms with Crippen molar-refractivity contribution in [3.63, 3.8) is 0 Å². The molecule has 1 saturated heterocycles. The molecule has 1 aliphatic carbocycles. The zero-order valence-corrected chi connectivity index (χ0v) is 24.3. The quantitative estimate of drug-likeness (QED) is 0.236. The van der Waals surface area contributed by atoms with Gasteiger partial charge in [0.2, 0.25) is 0 Å². The predicted octanol–water partition coefficient (Wildman–Crippen LogP) is 7.31. The molecule has 0 saturated carbocycles. The maximum Gasteiger partial charge on any atom is 0.421 e. The van der Waals surface area contributed by atoms with E-state index >= 15 is 0 Å². The largest absolute Gasteiger partial charge is 0.493 e. The van der Waals surface area contributed by atoms with Crippen LogP contribution >= 0.6 is 0 Å². The van der Waals surface area contributed by atoms with Crippen molar-refractivity contribution >= 4 is 17.5 Å². The van der Waals surface area contributed by atoms with Crippen molar-refractivity contribution in [2.45, 2.75) is 83.2 Å². The Kier molecular flexibility index (Phi) is 8.25. The number of hydrogen-bond donors (Lipinski definition) is 1. The summed E-state index contributed by atoms with van der Waals surface area (Å²) >= 11 is 0. The first-order valence-corrected chi connectivity index (χ1v) is 14.6. The monoisotopic (exact) mass is 582 g/mol. The molecule has 5 rings (SSSR count). The number of nitrogens with zero attached hydrogens (tertiary/aromatic N) is 1. The maximum absolute atomic E-state index is 13.7. The summed E-state index contributed by atoms with van der Waals surface area (Å²) in [5, 5.41) is 2.86. The highest BCUT2D eigenvalue weighted by atomic mass is 19.4. The summed E-state index contributed by atoms with van der Waals surface area (Å²) in [5.41, 5.74) is 0.911. The minimum absolute atomic E-state index is 0.111. The van der Waals surface area contributed by atoms with Crippen LogP contribution in [0.5, 0.6) is 5.75 Å². The van der Waals surface area contributed by atoms with Crippen molar-refractivity contribution in [2.24, 2.45) is 0 Å². The van der Waals surface area contributed by atoms with Crippen LogP contribution < -0.4 is 10.1 Å². The predicted molar refractivity (Wildman–Crippen MR) is 154 cm³/mol. The number of halogens is 3. The molecule has 0 spiro atoms. The van der Waals surface area contributed by atoms with Gasteiger partial charge in [-0.3, -0.25) is 9.69 Å². The summed E-state index contributed by atoms with van der Waals surface area (Å²) in [6.07, 6.45) is 6.37. The summed E-state index contributed by atoms with van der Waals surface area (Å²) in [4.78, 5) is 27.4. The number of ether oxygens (including phenoxy) is 2. The van der Waals surface area contributed by atoms with Gasteiger partial charge >= 0.3 is 12.2 Å². The second kappa shape index (κ2) is 11.6. The highest BCUT2D eigenvalue weighted by Gasteiger charge is 2.57. The number of hydrogen-bond acceptors (Lipinski definition) is 4. The van der Waals surface area contributed by atoms with Gasteiger partial charge in [-0.25, -0.2) is 4.79 Å². The Morgan fingerprint density at radius 2 is 1.81 bits per heavy atom. The Labute approximate surface area is 244 Å². The van der Waals surface area contributed by atoms with Crippen LogP contribution in [0.15, 0.2) is 54.6 Å². The second-order valence-corrected chi connectivity index (χ2v) is 11.4. The van der Waals surface area contributed by atoms with E-state index in [1.165, 1.54) is 11.0 Å². The van der Waals surface area contributed by atoms with E-state index in [4.69, 9.17) is 9.47 Å². The number of nitrogens with one attached hydrogen (secondary N) is 1. The fourth-order valence-corrected chi connectivity index (χ4v) is 5.94. The van der Waals surface area contributed by atoms with Crippen LogP contribution in [0.3, 0.4) is 0 Å². The van der Waals surface area contributed by atoms with Crippen LogP contribution in [0.1, 0.15) is 80.7 Å². The number of urea groups is 1. The molecule has 2 aromatic carbocycles. The average Bonchev–Trinajstić information content (AvgIpc) is 3.44. The SMILES string of the molecule is CCCc1c(OCCCCN2C(=O)NC(C)(c3ccc(C4=CCCC=C4)cc3)C2=O)ccc2c1COC2(C)C(F)(F)F. The minimum Gasteiger partial charge on any atom is -0.493 e. The number of allylic oxidation sites excluding steroid dienone is 4. The molecule has 0 bridgehead atoms. The van der Waals surface area contributed by atoms with Crippen molar-refractivity contribution < 1.29 is 32.2 Å². The third-order valence-corrected chi connectivity index (χ3v) is 8.55. The molecule has 224 valence electrons. The van der Waals surface area contributed by atoms with Gasteiger partial charge < -0.3 is 14.8 Å². The molecular formula is C33H37F3N2O4. The van der Waals surface area contributed by atoms with E-state index in [1.807, 2.05) is 31.2 Å². The van der Waals surface area contributed by atoms with Gasteiger partial charge in [0.1, 0.15) is 11.3 Å². The normalized spacial score (nSPS) is 23.7. The molecule has 6 nitrogen and oxygen atoms in total. The molecule has 0 radical (unpaired) electrons. The Morgan fingerprint density at radius 3 is 2.48 bits per heavy atom.